The molecule has 7 rings (SSSR count). The first kappa shape index (κ1) is 66.0. The summed E-state index contributed by atoms with van der Waals surface area (Å²) in [7, 11) is -7.90. The number of unbranched alkanes of at least 4 members (excludes halogenated alkanes) is 5. The van der Waals surface area contributed by atoms with E-state index in [9.17, 15) is 9.90 Å². The van der Waals surface area contributed by atoms with Crippen molar-refractivity contribution in [1.82, 2.24) is 0 Å². The second-order valence-corrected chi connectivity index (χ2v) is 31.8. The van der Waals surface area contributed by atoms with Crippen LogP contribution < -0.4 is 0 Å². The fraction of sp³-hybridized carbons (Fsp3) is 0.537. The van der Waals surface area contributed by atoms with Gasteiger partial charge in [-0.1, -0.05) is 234 Å². The predicted molar refractivity (Wildman–Crippen MR) is 324 cm³/mol. The molecule has 16 heteroatoms. The van der Waals surface area contributed by atoms with Crippen molar-refractivity contribution in [3.05, 3.63) is 179 Å². The number of benzene rings is 5. The highest BCUT2D eigenvalue weighted by molar-refractivity contribution is 6.83. The van der Waals surface area contributed by atoms with Crippen LogP contribution in [0, 0.1) is 0 Å². The molecule has 2 aliphatic heterocycles. The number of hydrogen-bond donors (Lipinski definition) is 1. The molecule has 0 spiro atoms. The lowest BCUT2D eigenvalue weighted by molar-refractivity contribution is -0.369. The molecular formula is C67H93FO13Si2. The molecule has 0 aliphatic carbocycles. The monoisotopic (exact) mass is 1180 g/mol. The molecule has 0 saturated carbocycles. The van der Waals surface area contributed by atoms with Gasteiger partial charge in [-0.15, -0.1) is 0 Å². The topological polar surface area (TPSA) is 139 Å². The molecule has 0 amide bonds. The molecule has 454 valence electrons. The summed E-state index contributed by atoms with van der Waals surface area (Å²) in [5, 5.41) is 11.7. The minimum absolute atomic E-state index is 0.0341. The summed E-state index contributed by atoms with van der Waals surface area (Å²) in [6, 6.07) is 48.2. The number of carbonyl (C=O) groups is 1. The van der Waals surface area contributed by atoms with E-state index in [0.29, 0.717) is 6.42 Å². The van der Waals surface area contributed by atoms with Crippen molar-refractivity contribution >= 4 is 23.2 Å². The normalized spacial score (nSPS) is 23.3. The van der Waals surface area contributed by atoms with E-state index in [1.165, 1.54) is 0 Å². The number of halogens is 1. The molecule has 10 atom stereocenters. The van der Waals surface area contributed by atoms with Crippen LogP contribution in [-0.4, -0.2) is 110 Å². The quantitative estimate of drug-likeness (QED) is 0.0181. The van der Waals surface area contributed by atoms with E-state index < -0.39 is 102 Å². The van der Waals surface area contributed by atoms with Crippen LogP contribution in [0.3, 0.4) is 0 Å². The van der Waals surface area contributed by atoms with Crippen molar-refractivity contribution in [2.45, 2.75) is 211 Å². The maximum absolute atomic E-state index is 18.0. The zero-order valence-electron chi connectivity index (χ0n) is 50.4. The lowest BCUT2D eigenvalue weighted by atomic mass is 9.96. The lowest BCUT2D eigenvalue weighted by Gasteiger charge is -2.53. The summed E-state index contributed by atoms with van der Waals surface area (Å²) in [5.41, 5.74) is 2.46. The van der Waals surface area contributed by atoms with Gasteiger partial charge in [0.15, 0.2) is 18.7 Å². The van der Waals surface area contributed by atoms with Crippen molar-refractivity contribution in [3.8, 4) is 0 Å². The maximum atomic E-state index is 18.0. The average Bonchev–Trinajstić information content (AvgIpc) is 3.63. The Morgan fingerprint density at radius 2 is 0.964 bits per heavy atom. The summed E-state index contributed by atoms with van der Waals surface area (Å²) in [6.45, 7) is 18.1. The van der Waals surface area contributed by atoms with Crippen molar-refractivity contribution in [2.24, 2.45) is 0 Å². The number of rotatable bonds is 34. The molecule has 5 aromatic carbocycles. The number of carbonyl (C=O) groups excluding carboxylic acids is 1. The molecule has 2 heterocycles. The molecule has 1 N–H and O–H groups in total. The first-order valence-electron chi connectivity index (χ1n) is 30.3. The van der Waals surface area contributed by atoms with Gasteiger partial charge in [-0.05, 0) is 51.9 Å². The van der Waals surface area contributed by atoms with Gasteiger partial charge in [-0.25, -0.2) is 4.79 Å². The van der Waals surface area contributed by atoms with Crippen molar-refractivity contribution in [3.63, 3.8) is 0 Å². The van der Waals surface area contributed by atoms with Crippen molar-refractivity contribution < 1.29 is 65.2 Å². The Balaban J connectivity index is 1.40. The Labute approximate surface area is 496 Å². The van der Waals surface area contributed by atoms with Gasteiger partial charge in [0.1, 0.15) is 42.7 Å². The summed E-state index contributed by atoms with van der Waals surface area (Å²) >= 11 is 0. The number of esters is 1. The minimum Gasteiger partial charge on any atom is -0.450 e. The van der Waals surface area contributed by atoms with Gasteiger partial charge in [0.05, 0.1) is 45.2 Å². The Morgan fingerprint density at radius 3 is 1.46 bits per heavy atom. The van der Waals surface area contributed by atoms with Gasteiger partial charge < -0.3 is 56.3 Å². The first-order valence-corrected chi connectivity index (χ1v) is 34.2. The average molecular weight is 1180 g/mol. The number of hydrogen-bond acceptors (Lipinski definition) is 13. The van der Waals surface area contributed by atoms with Crippen LogP contribution in [0.25, 0.3) is 0 Å². The van der Waals surface area contributed by atoms with E-state index in [1.54, 1.807) is 24.3 Å². The molecule has 2 saturated heterocycles. The minimum atomic E-state index is -4.08. The molecule has 0 radical (unpaired) electrons. The van der Waals surface area contributed by atoms with E-state index in [1.807, 2.05) is 183 Å². The Hall–Kier alpha value is -4.51. The standard InChI is InChI=1S/C67H93FO13Si2/c1-10-11-12-13-14-30-41-72-66-64(78-65(70)56-39-28-19-29-40-56)62(60(57(42-69)76-66)80-83(50(6)7,51(8)9)81-82(68,48(2)3)49(4)5)79-67-63(75-46-55-37-26-18-27-38-55)61(74-45-54-35-24-17-25-36-54)59(73-44-53-33-22-16-23-34-53)58(77-67)47-71-43-52-31-20-15-21-32-52/h15-29,31-40,48-51,57-64,66-67,69H,10-14,30,41-47H2,1-9H3/t57-,58-,59+,60-,61+,62+,63-,64+,66+,67-/m1/s1. The van der Waals surface area contributed by atoms with Crippen LogP contribution in [0.4, 0.5) is 4.11 Å². The molecule has 0 unspecified atom stereocenters. The summed E-state index contributed by atoms with van der Waals surface area (Å²) in [4.78, 5) is 14.7. The van der Waals surface area contributed by atoms with Crippen LogP contribution in [0.2, 0.25) is 22.2 Å². The fourth-order valence-electron chi connectivity index (χ4n) is 11.0. The largest absolute Gasteiger partial charge is 0.450 e. The van der Waals surface area contributed by atoms with Gasteiger partial charge in [0, 0.05) is 17.7 Å². The van der Waals surface area contributed by atoms with E-state index in [0.717, 1.165) is 54.4 Å². The highest BCUT2D eigenvalue weighted by Gasteiger charge is 2.61. The van der Waals surface area contributed by atoms with Crippen LogP contribution >= 0.6 is 0 Å². The second kappa shape index (κ2) is 33.4. The van der Waals surface area contributed by atoms with Gasteiger partial charge in [-0.2, -0.15) is 0 Å². The Kier molecular flexibility index (Phi) is 26.6. The van der Waals surface area contributed by atoms with Crippen LogP contribution in [0.1, 0.15) is 133 Å². The highest BCUT2D eigenvalue weighted by Crippen LogP contribution is 2.47. The number of ether oxygens (including phenoxy) is 9. The molecular weight excluding hydrogens is 1090 g/mol. The Morgan fingerprint density at radius 1 is 0.506 bits per heavy atom. The van der Waals surface area contributed by atoms with Crippen molar-refractivity contribution in [1.29, 1.82) is 0 Å². The molecule has 0 aromatic heterocycles. The SMILES string of the molecule is CCCCCCCCO[C@H]1O[C@H](CO)[C@@H](O[Si](O[Si](F)(C(C)C)C(C)C)(C(C)C)C(C)C)[C@H](O[C@H]2O[C@H](COCc3ccccc3)[C@H](OCc3ccccc3)[C@H](OCc3ccccc3)[C@H]2OCc2ccccc2)[C@@H]1OC(=O)c1ccccc1. The number of aliphatic hydroxyl groups excluding tert-OH is 1. The first-order chi connectivity index (χ1) is 40.2. The summed E-state index contributed by atoms with van der Waals surface area (Å²) < 4.78 is 95.8. The third-order valence-corrected chi connectivity index (χ3v) is 25.3. The van der Waals surface area contributed by atoms with Gasteiger partial charge in [0.25, 0.3) is 0 Å². The molecule has 0 bridgehead atoms. The lowest BCUT2D eigenvalue weighted by Crippen LogP contribution is -2.69. The smallest absolute Gasteiger partial charge is 0.380 e. The molecule has 13 nitrogen and oxygen atoms in total. The third kappa shape index (κ3) is 18.5. The van der Waals surface area contributed by atoms with Crippen LogP contribution in [0.15, 0.2) is 152 Å². The van der Waals surface area contributed by atoms with E-state index in [2.05, 4.69) is 6.92 Å². The zero-order valence-corrected chi connectivity index (χ0v) is 52.4. The summed E-state index contributed by atoms with van der Waals surface area (Å²) in [5.74, 6) is -0.670. The van der Waals surface area contributed by atoms with Crippen molar-refractivity contribution in [2.75, 3.05) is 19.8 Å². The van der Waals surface area contributed by atoms with Crippen LogP contribution in [0.5, 0.6) is 0 Å². The van der Waals surface area contributed by atoms with Gasteiger partial charge >= 0.3 is 23.2 Å². The maximum Gasteiger partial charge on any atom is 0.380 e. The zero-order chi connectivity index (χ0) is 59.2. The van der Waals surface area contributed by atoms with Gasteiger partial charge in [-0.3, -0.25) is 4.11 Å². The van der Waals surface area contributed by atoms with E-state index in [-0.39, 0.29) is 56.3 Å². The summed E-state index contributed by atoms with van der Waals surface area (Å²) in [6.07, 6.45) is -5.39. The fourth-order valence-corrected chi connectivity index (χ4v) is 20.8. The molecule has 2 aliphatic rings. The predicted octanol–water partition coefficient (Wildman–Crippen LogP) is 14.3. The molecule has 83 heavy (non-hydrogen) atoms. The second-order valence-electron chi connectivity index (χ2n) is 23.3. The Bertz CT molecular complexity index is 2550. The number of aliphatic hydroxyl groups is 1. The van der Waals surface area contributed by atoms with E-state index in [4.69, 9.17) is 51.2 Å². The van der Waals surface area contributed by atoms with Gasteiger partial charge in [0.2, 0.25) is 0 Å². The van der Waals surface area contributed by atoms with Crippen LogP contribution in [-0.2, 0) is 77.6 Å². The van der Waals surface area contributed by atoms with E-state index >= 15 is 4.11 Å². The molecule has 2 fully saturated rings. The highest BCUT2D eigenvalue weighted by atomic mass is 28.5. The molecule has 5 aromatic rings. The third-order valence-electron chi connectivity index (χ3n) is 15.8.